The van der Waals surface area contributed by atoms with E-state index in [1.165, 1.54) is 25.9 Å². The minimum absolute atomic E-state index is 0.153. The number of para-hydroxylation sites is 2. The summed E-state index contributed by atoms with van der Waals surface area (Å²) in [5.74, 6) is 0.890. The Labute approximate surface area is 161 Å². The van der Waals surface area contributed by atoms with Crippen molar-refractivity contribution in [2.45, 2.75) is 13.5 Å². The molecule has 0 aliphatic rings. The molecule has 2 aromatic carbocycles. The van der Waals surface area contributed by atoms with Crippen molar-refractivity contribution >= 4 is 22.6 Å². The number of anilines is 1. The molecule has 8 nitrogen and oxygen atoms in total. The number of carbonyl (C=O) groups is 1. The summed E-state index contributed by atoms with van der Waals surface area (Å²) >= 11 is 0. The zero-order valence-corrected chi connectivity index (χ0v) is 16.1. The summed E-state index contributed by atoms with van der Waals surface area (Å²) in [4.78, 5) is 29.4. The lowest BCUT2D eigenvalue weighted by molar-refractivity contribution is -0.116. The highest BCUT2D eigenvalue weighted by Crippen LogP contribution is 2.39. The van der Waals surface area contributed by atoms with Crippen LogP contribution in [-0.2, 0) is 11.3 Å². The summed E-state index contributed by atoms with van der Waals surface area (Å²) in [6.07, 6.45) is 0. The Morgan fingerprint density at radius 2 is 1.71 bits per heavy atom. The van der Waals surface area contributed by atoms with Gasteiger partial charge >= 0.3 is 0 Å². The number of hydrogen-bond acceptors (Lipinski definition) is 6. The van der Waals surface area contributed by atoms with Gasteiger partial charge < -0.3 is 19.5 Å². The minimum atomic E-state index is -0.368. The van der Waals surface area contributed by atoms with Gasteiger partial charge in [-0.05, 0) is 19.1 Å². The van der Waals surface area contributed by atoms with Gasteiger partial charge in [-0.1, -0.05) is 12.1 Å². The van der Waals surface area contributed by atoms with E-state index in [-0.39, 0.29) is 18.0 Å². The van der Waals surface area contributed by atoms with Crippen LogP contribution >= 0.6 is 0 Å². The number of hydrogen-bond donors (Lipinski definition) is 1. The van der Waals surface area contributed by atoms with Crippen LogP contribution in [0.15, 0.2) is 41.2 Å². The molecule has 0 spiro atoms. The van der Waals surface area contributed by atoms with E-state index < -0.39 is 0 Å². The molecule has 1 heterocycles. The molecule has 0 aliphatic heterocycles. The first-order valence-electron chi connectivity index (χ1n) is 8.54. The summed E-state index contributed by atoms with van der Waals surface area (Å²) in [5, 5.41) is 2.77. The van der Waals surface area contributed by atoms with Crippen LogP contribution in [0.25, 0.3) is 11.0 Å². The molecule has 0 radical (unpaired) electrons. The second-order valence-electron chi connectivity index (χ2n) is 6.04. The van der Waals surface area contributed by atoms with Gasteiger partial charge in [0.1, 0.15) is 12.2 Å². The number of methoxy groups -OCH3 is 3. The minimum Gasteiger partial charge on any atom is -0.493 e. The number of nitrogens with zero attached hydrogens (tertiary/aromatic N) is 2. The van der Waals surface area contributed by atoms with Crippen molar-refractivity contribution in [3.63, 3.8) is 0 Å². The topological polar surface area (TPSA) is 91.7 Å². The van der Waals surface area contributed by atoms with Crippen LogP contribution in [-0.4, -0.2) is 36.8 Å². The molecule has 0 saturated carbocycles. The van der Waals surface area contributed by atoms with E-state index in [2.05, 4.69) is 10.3 Å². The van der Waals surface area contributed by atoms with E-state index in [4.69, 9.17) is 14.2 Å². The standard InChI is InChI=1S/C20H21N3O5/c1-12-20(25)23(15-8-6-5-7-14(15)21-12)11-18(24)22-13-9-16(26-2)19(28-4)17(10-13)27-3/h5-10H,11H2,1-4H3,(H,22,24). The van der Waals surface area contributed by atoms with Crippen molar-refractivity contribution in [1.82, 2.24) is 9.55 Å². The fourth-order valence-electron chi connectivity index (χ4n) is 2.97. The van der Waals surface area contributed by atoms with Crippen LogP contribution in [0, 0.1) is 6.92 Å². The normalized spacial score (nSPS) is 10.6. The zero-order valence-electron chi connectivity index (χ0n) is 16.1. The summed E-state index contributed by atoms with van der Waals surface area (Å²) in [7, 11) is 4.49. The van der Waals surface area contributed by atoms with Crippen LogP contribution in [0.4, 0.5) is 5.69 Å². The Kier molecular flexibility index (Phi) is 5.49. The molecular formula is C20H21N3O5. The van der Waals surface area contributed by atoms with Gasteiger partial charge in [-0.25, -0.2) is 4.98 Å². The van der Waals surface area contributed by atoms with Gasteiger partial charge in [0.25, 0.3) is 5.56 Å². The molecule has 3 aromatic rings. The highest BCUT2D eigenvalue weighted by Gasteiger charge is 2.16. The molecule has 1 N–H and O–H groups in total. The predicted molar refractivity (Wildman–Crippen MR) is 105 cm³/mol. The molecule has 0 saturated heterocycles. The smallest absolute Gasteiger partial charge is 0.272 e. The lowest BCUT2D eigenvalue weighted by Crippen LogP contribution is -2.30. The molecule has 146 valence electrons. The summed E-state index contributed by atoms with van der Waals surface area (Å²) in [6, 6.07) is 10.4. The quantitative estimate of drug-likeness (QED) is 0.703. The summed E-state index contributed by atoms with van der Waals surface area (Å²) in [6.45, 7) is 1.47. The Morgan fingerprint density at radius 1 is 1.07 bits per heavy atom. The second-order valence-corrected chi connectivity index (χ2v) is 6.04. The molecule has 0 atom stereocenters. The first kappa shape index (κ1) is 19.2. The Hall–Kier alpha value is -3.55. The number of ether oxygens (including phenoxy) is 3. The van der Waals surface area contributed by atoms with Gasteiger partial charge in [-0.2, -0.15) is 0 Å². The van der Waals surface area contributed by atoms with Crippen molar-refractivity contribution in [1.29, 1.82) is 0 Å². The number of nitrogens with one attached hydrogen (secondary N) is 1. The average Bonchev–Trinajstić information content (AvgIpc) is 2.70. The third-order valence-corrected chi connectivity index (χ3v) is 4.27. The number of aryl methyl sites for hydroxylation is 1. The van der Waals surface area contributed by atoms with Gasteiger partial charge in [0.15, 0.2) is 11.5 Å². The number of amides is 1. The maximum absolute atomic E-state index is 12.6. The van der Waals surface area contributed by atoms with Gasteiger partial charge in [-0.3, -0.25) is 14.2 Å². The summed E-state index contributed by atoms with van der Waals surface area (Å²) in [5.41, 5.74) is 1.74. The molecule has 1 aromatic heterocycles. The molecule has 0 unspecified atom stereocenters. The van der Waals surface area contributed by atoms with Crippen LogP contribution in [0.3, 0.4) is 0 Å². The molecule has 0 aliphatic carbocycles. The number of fused-ring (bicyclic) bond motifs is 1. The molecule has 1 amide bonds. The molecule has 3 rings (SSSR count). The van der Waals surface area contributed by atoms with Crippen molar-refractivity contribution in [3.8, 4) is 17.2 Å². The first-order chi connectivity index (χ1) is 13.5. The fourth-order valence-corrected chi connectivity index (χ4v) is 2.97. The Morgan fingerprint density at radius 3 is 2.32 bits per heavy atom. The monoisotopic (exact) mass is 383 g/mol. The molecule has 28 heavy (non-hydrogen) atoms. The van der Waals surface area contributed by atoms with Gasteiger partial charge in [0.05, 0.1) is 32.4 Å². The third kappa shape index (κ3) is 3.62. The van der Waals surface area contributed by atoms with E-state index in [0.717, 1.165) is 0 Å². The molecule has 8 heteroatoms. The van der Waals surface area contributed by atoms with Crippen molar-refractivity contribution in [3.05, 3.63) is 52.4 Å². The van der Waals surface area contributed by atoms with E-state index in [1.807, 2.05) is 6.07 Å². The van der Waals surface area contributed by atoms with Crippen molar-refractivity contribution < 1.29 is 19.0 Å². The molecule has 0 bridgehead atoms. The van der Waals surface area contributed by atoms with E-state index in [9.17, 15) is 9.59 Å². The zero-order chi connectivity index (χ0) is 20.3. The van der Waals surface area contributed by atoms with Gasteiger partial charge in [-0.15, -0.1) is 0 Å². The largest absolute Gasteiger partial charge is 0.493 e. The Balaban J connectivity index is 1.93. The Bertz CT molecular complexity index is 1070. The maximum Gasteiger partial charge on any atom is 0.272 e. The van der Waals surface area contributed by atoms with E-state index >= 15 is 0 Å². The first-order valence-corrected chi connectivity index (χ1v) is 8.54. The van der Waals surface area contributed by atoms with E-state index in [0.29, 0.717) is 39.7 Å². The predicted octanol–water partition coefficient (Wildman–Crippen LogP) is 2.37. The lowest BCUT2D eigenvalue weighted by atomic mass is 10.2. The average molecular weight is 383 g/mol. The van der Waals surface area contributed by atoms with Crippen molar-refractivity contribution in [2.75, 3.05) is 26.6 Å². The number of aromatic nitrogens is 2. The number of rotatable bonds is 6. The van der Waals surface area contributed by atoms with E-state index in [1.54, 1.807) is 37.3 Å². The van der Waals surface area contributed by atoms with Crippen LogP contribution in [0.5, 0.6) is 17.2 Å². The second kappa shape index (κ2) is 7.99. The van der Waals surface area contributed by atoms with Crippen molar-refractivity contribution in [2.24, 2.45) is 0 Å². The highest BCUT2D eigenvalue weighted by atomic mass is 16.5. The number of carbonyl (C=O) groups excluding carboxylic acids is 1. The SMILES string of the molecule is COc1cc(NC(=O)Cn2c(=O)c(C)nc3ccccc32)cc(OC)c1OC. The lowest BCUT2D eigenvalue weighted by Gasteiger charge is -2.15. The van der Waals surface area contributed by atoms with Gasteiger partial charge in [0, 0.05) is 17.8 Å². The molecular weight excluding hydrogens is 362 g/mol. The van der Waals surface area contributed by atoms with Gasteiger partial charge in [0.2, 0.25) is 11.7 Å². The highest BCUT2D eigenvalue weighted by molar-refractivity contribution is 5.92. The fraction of sp³-hybridized carbons (Fsp3) is 0.250. The van der Waals surface area contributed by atoms with Crippen LogP contribution in [0.2, 0.25) is 0 Å². The third-order valence-electron chi connectivity index (χ3n) is 4.27. The summed E-state index contributed by atoms with van der Waals surface area (Å²) < 4.78 is 17.3. The molecule has 0 fully saturated rings. The maximum atomic E-state index is 12.6. The van der Waals surface area contributed by atoms with Crippen LogP contribution in [0.1, 0.15) is 5.69 Å². The number of benzene rings is 2. The van der Waals surface area contributed by atoms with Crippen LogP contribution < -0.4 is 25.1 Å².